The van der Waals surface area contributed by atoms with Crippen LogP contribution in [0.2, 0.25) is 5.02 Å². The maximum atomic E-state index is 13.9. The molecule has 49 heavy (non-hydrogen) atoms. The Morgan fingerprint density at radius 3 is 2.37 bits per heavy atom. The summed E-state index contributed by atoms with van der Waals surface area (Å²) in [7, 11) is 4.04. The second-order valence-corrected chi connectivity index (χ2v) is 12.1. The average Bonchev–Trinajstić information content (AvgIpc) is 3.09. The van der Waals surface area contributed by atoms with Crippen LogP contribution in [-0.2, 0) is 31.6 Å². The molecule has 5 aromatic rings. The molecule has 0 amide bonds. The third-order valence-corrected chi connectivity index (χ3v) is 9.05. The van der Waals surface area contributed by atoms with Crippen LogP contribution in [0.5, 0.6) is 5.88 Å². The maximum Gasteiger partial charge on any atom is 0.451 e. The molecule has 15 heteroatoms. The van der Waals surface area contributed by atoms with Crippen molar-refractivity contribution in [3.8, 4) is 28.3 Å². The number of ether oxygens (including phenoxy) is 2. The van der Waals surface area contributed by atoms with Crippen molar-refractivity contribution in [2.24, 2.45) is 14.1 Å². The van der Waals surface area contributed by atoms with Gasteiger partial charge in [0, 0.05) is 62.3 Å². The molecule has 2 N–H and O–H groups in total. The number of aryl methyl sites for hydroxylation is 1. The molecular formula is C34H33ClF3N7O4. The van der Waals surface area contributed by atoms with E-state index in [1.165, 1.54) is 14.1 Å². The first-order valence-corrected chi connectivity index (χ1v) is 15.8. The van der Waals surface area contributed by atoms with E-state index in [1.807, 2.05) is 36.4 Å². The molecule has 1 aliphatic heterocycles. The minimum absolute atomic E-state index is 0.270. The number of rotatable bonds is 8. The zero-order valence-corrected chi connectivity index (χ0v) is 27.9. The second-order valence-electron chi connectivity index (χ2n) is 11.7. The van der Waals surface area contributed by atoms with Crippen molar-refractivity contribution in [2.75, 3.05) is 25.6 Å². The van der Waals surface area contributed by atoms with Gasteiger partial charge in [-0.1, -0.05) is 48.0 Å². The van der Waals surface area contributed by atoms with E-state index < -0.39 is 34.7 Å². The van der Waals surface area contributed by atoms with E-state index >= 15 is 0 Å². The number of anilines is 2. The zero-order valence-electron chi connectivity index (χ0n) is 27.1. The highest BCUT2D eigenvalue weighted by molar-refractivity contribution is 6.36. The first kappa shape index (κ1) is 34.1. The standard InChI is InChI=1S/C34H33ClF3N7O4/c1-18-21(7-6-10-24(18)40-28-26-29(43-32(42-28)34(36,37)38)44(2)33(47)45(3)31(26)46)22-8-5-9-23(27(22)35)25-12-11-19(30(41-25)48-4)17-39-20-13-15-49-16-14-20/h5-12,20,39H,13-17H2,1-4H3,(H,40,42,43). The molecule has 1 fully saturated rings. The third-order valence-electron chi connectivity index (χ3n) is 8.64. The Morgan fingerprint density at radius 2 is 1.65 bits per heavy atom. The molecule has 256 valence electrons. The van der Waals surface area contributed by atoms with Crippen molar-refractivity contribution in [3.63, 3.8) is 0 Å². The molecule has 11 nitrogen and oxygen atoms in total. The lowest BCUT2D eigenvalue weighted by Crippen LogP contribution is -2.38. The predicted molar refractivity (Wildman–Crippen MR) is 180 cm³/mol. The van der Waals surface area contributed by atoms with Gasteiger partial charge < -0.3 is 20.1 Å². The van der Waals surface area contributed by atoms with E-state index in [9.17, 15) is 22.8 Å². The van der Waals surface area contributed by atoms with Crippen molar-refractivity contribution in [1.82, 2.24) is 29.4 Å². The summed E-state index contributed by atoms with van der Waals surface area (Å²) in [4.78, 5) is 37.6. The summed E-state index contributed by atoms with van der Waals surface area (Å²) in [6.07, 6.45) is -3.06. The number of methoxy groups -OCH3 is 1. The molecule has 2 aromatic carbocycles. The molecule has 0 unspecified atom stereocenters. The van der Waals surface area contributed by atoms with Crippen LogP contribution >= 0.6 is 11.6 Å². The Labute approximate surface area is 283 Å². The van der Waals surface area contributed by atoms with Gasteiger partial charge in [0.05, 0.1) is 17.8 Å². The largest absolute Gasteiger partial charge is 0.481 e. The van der Waals surface area contributed by atoms with Gasteiger partial charge in [-0.2, -0.15) is 13.2 Å². The topological polar surface area (TPSA) is 125 Å². The molecule has 0 saturated carbocycles. The zero-order chi connectivity index (χ0) is 35.0. The van der Waals surface area contributed by atoms with Gasteiger partial charge in [0.15, 0.2) is 5.65 Å². The summed E-state index contributed by atoms with van der Waals surface area (Å²) < 4.78 is 54.3. The van der Waals surface area contributed by atoms with E-state index in [-0.39, 0.29) is 5.39 Å². The van der Waals surface area contributed by atoms with Crippen molar-refractivity contribution in [2.45, 2.75) is 38.5 Å². The lowest BCUT2D eigenvalue weighted by molar-refractivity contribution is -0.144. The monoisotopic (exact) mass is 695 g/mol. The van der Waals surface area contributed by atoms with E-state index in [0.717, 1.165) is 40.8 Å². The van der Waals surface area contributed by atoms with Crippen LogP contribution < -0.4 is 26.6 Å². The Hall–Kier alpha value is -4.79. The van der Waals surface area contributed by atoms with Crippen LogP contribution in [0.4, 0.5) is 24.7 Å². The van der Waals surface area contributed by atoms with E-state index in [0.29, 0.717) is 57.1 Å². The van der Waals surface area contributed by atoms with E-state index in [1.54, 1.807) is 26.2 Å². The summed E-state index contributed by atoms with van der Waals surface area (Å²) >= 11 is 7.03. The number of halogens is 4. The molecule has 0 aliphatic carbocycles. The second kappa shape index (κ2) is 13.6. The molecular weight excluding hydrogens is 663 g/mol. The molecule has 0 bridgehead atoms. The summed E-state index contributed by atoms with van der Waals surface area (Å²) in [6.45, 7) is 3.82. The van der Waals surface area contributed by atoms with Crippen LogP contribution in [0.25, 0.3) is 33.4 Å². The molecule has 1 saturated heterocycles. The number of fused-ring (bicyclic) bond motifs is 1. The molecule has 6 rings (SSSR count). The van der Waals surface area contributed by atoms with Crippen LogP contribution in [0.1, 0.15) is 29.8 Å². The van der Waals surface area contributed by atoms with Gasteiger partial charge in [0.2, 0.25) is 11.7 Å². The van der Waals surface area contributed by atoms with Crippen molar-refractivity contribution >= 4 is 34.1 Å². The van der Waals surface area contributed by atoms with Crippen molar-refractivity contribution in [3.05, 3.63) is 91.3 Å². The minimum Gasteiger partial charge on any atom is -0.481 e. The van der Waals surface area contributed by atoms with E-state index in [2.05, 4.69) is 20.6 Å². The Morgan fingerprint density at radius 1 is 0.959 bits per heavy atom. The van der Waals surface area contributed by atoms with Crippen LogP contribution in [0.3, 0.4) is 0 Å². The minimum atomic E-state index is -4.94. The highest BCUT2D eigenvalue weighted by atomic mass is 35.5. The summed E-state index contributed by atoms with van der Waals surface area (Å²) in [6, 6.07) is 14.9. The number of benzene rings is 2. The molecule has 3 aromatic heterocycles. The van der Waals surface area contributed by atoms with Gasteiger partial charge in [-0.25, -0.2) is 19.7 Å². The number of nitrogens with one attached hydrogen (secondary N) is 2. The molecule has 0 radical (unpaired) electrons. The maximum absolute atomic E-state index is 13.9. The normalized spacial score (nSPS) is 14.0. The van der Waals surface area contributed by atoms with E-state index in [4.69, 9.17) is 26.1 Å². The fraction of sp³-hybridized carbons (Fsp3) is 0.324. The highest BCUT2D eigenvalue weighted by Crippen LogP contribution is 2.40. The number of pyridine rings is 1. The van der Waals surface area contributed by atoms with Gasteiger partial charge >= 0.3 is 11.9 Å². The summed E-state index contributed by atoms with van der Waals surface area (Å²) in [5.41, 5.74) is 2.34. The van der Waals surface area contributed by atoms with Crippen LogP contribution in [0, 0.1) is 6.92 Å². The van der Waals surface area contributed by atoms with Crippen LogP contribution in [0.15, 0.2) is 58.1 Å². The lowest BCUT2D eigenvalue weighted by Gasteiger charge is -2.23. The van der Waals surface area contributed by atoms with Gasteiger partial charge in [-0.05, 0) is 43.0 Å². The molecule has 4 heterocycles. The van der Waals surface area contributed by atoms with Crippen molar-refractivity contribution < 1.29 is 22.6 Å². The SMILES string of the molecule is COc1nc(-c2cccc(-c3cccc(Nc4nc(C(F)(F)F)nc5c4c(=O)n(C)c(=O)n5C)c3C)c2Cl)ccc1CNC1CCOCC1. The molecule has 0 atom stereocenters. The number of hydrogen-bond acceptors (Lipinski definition) is 9. The van der Waals surface area contributed by atoms with Gasteiger partial charge in [-0.15, -0.1) is 0 Å². The highest BCUT2D eigenvalue weighted by Gasteiger charge is 2.36. The summed E-state index contributed by atoms with van der Waals surface area (Å²) in [5, 5.41) is 6.59. The number of nitrogens with zero attached hydrogens (tertiary/aromatic N) is 5. The number of aromatic nitrogens is 5. The number of hydrogen-bond donors (Lipinski definition) is 2. The molecule has 1 aliphatic rings. The Kier molecular flexibility index (Phi) is 9.47. The average molecular weight is 696 g/mol. The molecule has 0 spiro atoms. The van der Waals surface area contributed by atoms with Crippen molar-refractivity contribution in [1.29, 1.82) is 0 Å². The lowest BCUT2D eigenvalue weighted by atomic mass is 9.96. The number of alkyl halides is 3. The first-order valence-electron chi connectivity index (χ1n) is 15.4. The van der Waals surface area contributed by atoms with Gasteiger partial charge in [-0.3, -0.25) is 13.9 Å². The third kappa shape index (κ3) is 6.63. The smallest absolute Gasteiger partial charge is 0.451 e. The fourth-order valence-corrected chi connectivity index (χ4v) is 6.22. The Balaban J connectivity index is 1.37. The fourth-order valence-electron chi connectivity index (χ4n) is 5.89. The predicted octanol–water partition coefficient (Wildman–Crippen LogP) is 5.76. The first-order chi connectivity index (χ1) is 23.4. The van der Waals surface area contributed by atoms with Gasteiger partial charge in [0.1, 0.15) is 11.2 Å². The quantitative estimate of drug-likeness (QED) is 0.209. The van der Waals surface area contributed by atoms with Gasteiger partial charge in [0.25, 0.3) is 5.56 Å². The Bertz CT molecular complexity index is 2180. The van der Waals surface area contributed by atoms with Crippen LogP contribution in [-0.4, -0.2) is 50.5 Å². The summed E-state index contributed by atoms with van der Waals surface area (Å²) in [5.74, 6) is -1.42.